The Kier molecular flexibility index (Phi) is 8.21. The molecule has 3 rings (SSSR count). The lowest BCUT2D eigenvalue weighted by molar-refractivity contribution is 0.0956. The molecule has 0 atom stereocenters. The number of aryl methyl sites for hydroxylation is 3. The second-order valence-corrected chi connectivity index (χ2v) is 10.8. The topological polar surface area (TPSA) is 75.3 Å². The zero-order chi connectivity index (χ0) is 24.0. The smallest absolute Gasteiger partial charge is 0.262 e. The Balaban J connectivity index is 1.63. The maximum Gasteiger partial charge on any atom is 0.262 e. The predicted molar refractivity (Wildman–Crippen MR) is 138 cm³/mol. The fourth-order valence-corrected chi connectivity index (χ4v) is 5.71. The van der Waals surface area contributed by atoms with Crippen LogP contribution in [-0.2, 0) is 15.8 Å². The number of hydrogen-bond acceptors (Lipinski definition) is 4. The molecule has 7 heteroatoms. The minimum absolute atomic E-state index is 0.102. The molecular weight excluding hydrogens is 452 g/mol. The Morgan fingerprint density at radius 2 is 1.61 bits per heavy atom. The molecule has 0 aliphatic heterocycles. The van der Waals surface area contributed by atoms with Gasteiger partial charge in [-0.1, -0.05) is 42.5 Å². The minimum atomic E-state index is -3.84. The lowest BCUT2D eigenvalue weighted by Gasteiger charge is -2.14. The molecule has 3 aromatic carbocycles. The lowest BCUT2D eigenvalue weighted by Crippen LogP contribution is -2.26. The van der Waals surface area contributed by atoms with Crippen LogP contribution in [0.2, 0.25) is 0 Å². The van der Waals surface area contributed by atoms with E-state index in [9.17, 15) is 13.2 Å². The number of sulfonamides is 1. The van der Waals surface area contributed by atoms with Crippen LogP contribution >= 0.6 is 11.8 Å². The number of benzene rings is 3. The SMILES string of the molecule is Cc1ccccc1CSCCNC(=O)c1ccc(C)c(S(=O)(=O)Nc2cccc(C)c2C)c1. The molecule has 0 heterocycles. The van der Waals surface area contributed by atoms with E-state index in [1.165, 1.54) is 17.2 Å². The van der Waals surface area contributed by atoms with Crippen LogP contribution in [0.1, 0.15) is 38.2 Å². The minimum Gasteiger partial charge on any atom is -0.351 e. The second-order valence-electron chi connectivity index (χ2n) is 8.07. The monoisotopic (exact) mass is 482 g/mol. The Labute approximate surface area is 201 Å². The summed E-state index contributed by atoms with van der Waals surface area (Å²) >= 11 is 1.75. The van der Waals surface area contributed by atoms with Gasteiger partial charge in [0, 0.05) is 23.6 Å². The summed E-state index contributed by atoms with van der Waals surface area (Å²) in [7, 11) is -3.84. The van der Waals surface area contributed by atoms with Gasteiger partial charge in [-0.25, -0.2) is 8.42 Å². The molecule has 0 aromatic heterocycles. The molecule has 0 saturated heterocycles. The van der Waals surface area contributed by atoms with E-state index >= 15 is 0 Å². The van der Waals surface area contributed by atoms with E-state index in [1.54, 1.807) is 36.9 Å². The summed E-state index contributed by atoms with van der Waals surface area (Å²) < 4.78 is 28.8. The number of nitrogens with one attached hydrogen (secondary N) is 2. The summed E-state index contributed by atoms with van der Waals surface area (Å²) in [6.45, 7) is 8.13. The number of carbonyl (C=O) groups is 1. The highest BCUT2D eigenvalue weighted by Crippen LogP contribution is 2.24. The van der Waals surface area contributed by atoms with Crippen LogP contribution in [0, 0.1) is 27.7 Å². The molecule has 174 valence electrons. The average Bonchev–Trinajstić information content (AvgIpc) is 2.78. The Hall–Kier alpha value is -2.77. The molecule has 0 unspecified atom stereocenters. The largest absolute Gasteiger partial charge is 0.351 e. The number of thioether (sulfide) groups is 1. The summed E-state index contributed by atoms with van der Waals surface area (Å²) in [4.78, 5) is 12.7. The van der Waals surface area contributed by atoms with E-state index in [0.717, 1.165) is 22.6 Å². The van der Waals surface area contributed by atoms with Crippen molar-refractivity contribution in [3.05, 3.63) is 94.0 Å². The van der Waals surface area contributed by atoms with Crippen molar-refractivity contribution in [3.8, 4) is 0 Å². The average molecular weight is 483 g/mol. The van der Waals surface area contributed by atoms with Crippen molar-refractivity contribution >= 4 is 33.4 Å². The molecule has 0 bridgehead atoms. The molecule has 0 aliphatic carbocycles. The van der Waals surface area contributed by atoms with Gasteiger partial charge in [0.1, 0.15) is 0 Å². The first-order valence-electron chi connectivity index (χ1n) is 10.8. The Morgan fingerprint density at radius 3 is 2.36 bits per heavy atom. The highest BCUT2D eigenvalue weighted by atomic mass is 32.2. The molecule has 0 saturated carbocycles. The molecule has 5 nitrogen and oxygen atoms in total. The number of amides is 1. The first kappa shape index (κ1) is 24.9. The number of rotatable bonds is 9. The summed E-state index contributed by atoms with van der Waals surface area (Å²) in [5.74, 6) is 1.37. The third kappa shape index (κ3) is 6.39. The molecule has 0 spiro atoms. The fraction of sp³-hybridized carbons (Fsp3) is 0.269. The van der Waals surface area contributed by atoms with Crippen LogP contribution in [-0.4, -0.2) is 26.6 Å². The number of anilines is 1. The Bertz CT molecular complexity index is 1250. The van der Waals surface area contributed by atoms with Crippen LogP contribution in [0.3, 0.4) is 0 Å². The highest BCUT2D eigenvalue weighted by molar-refractivity contribution is 7.98. The van der Waals surface area contributed by atoms with Crippen molar-refractivity contribution in [2.45, 2.75) is 38.3 Å². The van der Waals surface area contributed by atoms with E-state index in [4.69, 9.17) is 0 Å². The van der Waals surface area contributed by atoms with Crippen LogP contribution in [0.15, 0.2) is 65.6 Å². The van der Waals surface area contributed by atoms with Crippen molar-refractivity contribution in [1.82, 2.24) is 5.32 Å². The van der Waals surface area contributed by atoms with Crippen molar-refractivity contribution in [2.24, 2.45) is 0 Å². The van der Waals surface area contributed by atoms with Crippen LogP contribution in [0.25, 0.3) is 0 Å². The lowest BCUT2D eigenvalue weighted by atomic mass is 10.1. The van der Waals surface area contributed by atoms with Gasteiger partial charge >= 0.3 is 0 Å². The summed E-state index contributed by atoms with van der Waals surface area (Å²) in [6.07, 6.45) is 0. The van der Waals surface area contributed by atoms with Gasteiger partial charge in [0.15, 0.2) is 0 Å². The van der Waals surface area contributed by atoms with Crippen LogP contribution in [0.5, 0.6) is 0 Å². The molecule has 2 N–H and O–H groups in total. The van der Waals surface area contributed by atoms with Gasteiger partial charge in [0.25, 0.3) is 15.9 Å². The summed E-state index contributed by atoms with van der Waals surface area (Å²) in [6, 6.07) is 18.5. The second kappa shape index (κ2) is 10.9. The predicted octanol–water partition coefficient (Wildman–Crippen LogP) is 5.38. The van der Waals surface area contributed by atoms with Crippen LogP contribution in [0.4, 0.5) is 5.69 Å². The first-order chi connectivity index (χ1) is 15.7. The fourth-order valence-electron chi connectivity index (χ4n) is 3.39. The van der Waals surface area contributed by atoms with Crippen LogP contribution < -0.4 is 10.0 Å². The van der Waals surface area contributed by atoms with E-state index < -0.39 is 10.0 Å². The van der Waals surface area contributed by atoms with Crippen molar-refractivity contribution in [3.63, 3.8) is 0 Å². The van der Waals surface area contributed by atoms with E-state index in [1.807, 2.05) is 38.1 Å². The molecule has 3 aromatic rings. The van der Waals surface area contributed by atoms with E-state index in [-0.39, 0.29) is 10.8 Å². The van der Waals surface area contributed by atoms with E-state index in [2.05, 4.69) is 29.1 Å². The number of hydrogen-bond donors (Lipinski definition) is 2. The standard InChI is InChI=1S/C26H30N2O3S2/c1-18-9-7-11-24(21(18)4)28-33(30,31)25-16-22(13-12-20(25)3)26(29)27-14-15-32-17-23-10-6-5-8-19(23)2/h5-13,16,28H,14-15,17H2,1-4H3,(H,27,29). The molecular formula is C26H30N2O3S2. The van der Waals surface area contributed by atoms with Crippen molar-refractivity contribution in [2.75, 3.05) is 17.0 Å². The van der Waals surface area contributed by atoms with Gasteiger partial charge in [-0.2, -0.15) is 11.8 Å². The quantitative estimate of drug-likeness (QED) is 0.401. The van der Waals surface area contributed by atoms with Gasteiger partial charge in [-0.3, -0.25) is 9.52 Å². The zero-order valence-corrected chi connectivity index (χ0v) is 21.1. The Morgan fingerprint density at radius 1 is 0.879 bits per heavy atom. The van der Waals surface area contributed by atoms with Gasteiger partial charge in [-0.15, -0.1) is 0 Å². The maximum atomic E-state index is 13.1. The molecule has 0 fully saturated rings. The maximum absolute atomic E-state index is 13.1. The van der Waals surface area contributed by atoms with Gasteiger partial charge in [-0.05, 0) is 73.7 Å². The highest BCUT2D eigenvalue weighted by Gasteiger charge is 2.20. The third-order valence-electron chi connectivity index (χ3n) is 5.64. The number of carbonyl (C=O) groups excluding carboxylic acids is 1. The normalized spacial score (nSPS) is 11.3. The van der Waals surface area contributed by atoms with Crippen molar-refractivity contribution < 1.29 is 13.2 Å². The third-order valence-corrected chi connectivity index (χ3v) is 8.16. The molecule has 1 amide bonds. The molecule has 33 heavy (non-hydrogen) atoms. The summed E-state index contributed by atoms with van der Waals surface area (Å²) in [5.41, 5.74) is 5.87. The zero-order valence-electron chi connectivity index (χ0n) is 19.4. The summed E-state index contributed by atoms with van der Waals surface area (Å²) in [5, 5.41) is 2.89. The van der Waals surface area contributed by atoms with Gasteiger partial charge in [0.05, 0.1) is 10.6 Å². The molecule has 0 radical (unpaired) electrons. The molecule has 0 aliphatic rings. The van der Waals surface area contributed by atoms with E-state index in [0.29, 0.717) is 23.4 Å². The van der Waals surface area contributed by atoms with Gasteiger partial charge < -0.3 is 5.32 Å². The first-order valence-corrected chi connectivity index (χ1v) is 13.4. The van der Waals surface area contributed by atoms with Crippen molar-refractivity contribution in [1.29, 1.82) is 0 Å². The van der Waals surface area contributed by atoms with Gasteiger partial charge in [0.2, 0.25) is 0 Å².